The fraction of sp³-hybridized carbons (Fsp3) is 0.378. The Morgan fingerprint density at radius 1 is 0.690 bits per heavy atom. The number of H-pyrrole nitrogens is 2. The van der Waals surface area contributed by atoms with Gasteiger partial charge in [-0.2, -0.15) is 0 Å². The second-order valence-corrected chi connectivity index (χ2v) is 13.0. The largest absolute Gasteiger partial charge is 0.504 e. The van der Waals surface area contributed by atoms with Gasteiger partial charge >= 0.3 is 6.03 Å². The van der Waals surface area contributed by atoms with Crippen LogP contribution in [0.5, 0.6) is 34.5 Å². The lowest BCUT2D eigenvalue weighted by molar-refractivity contribution is 0.208. The zero-order valence-electron chi connectivity index (χ0n) is 32.7. The predicted octanol–water partition coefficient (Wildman–Crippen LogP) is 2.15. The third-order valence-corrected chi connectivity index (χ3v) is 9.61. The second kappa shape index (κ2) is 18.1. The van der Waals surface area contributed by atoms with Gasteiger partial charge in [0.05, 0.1) is 46.6 Å². The van der Waals surface area contributed by atoms with Gasteiger partial charge in [0.1, 0.15) is 10.8 Å². The normalized spacial score (nSPS) is 14.3. The Morgan fingerprint density at radius 3 is 1.69 bits per heavy atom. The van der Waals surface area contributed by atoms with Crippen molar-refractivity contribution in [1.82, 2.24) is 29.7 Å². The fourth-order valence-electron chi connectivity index (χ4n) is 6.59. The number of benzene rings is 3. The molecule has 2 aromatic heterocycles. The Morgan fingerprint density at radius 2 is 1.19 bits per heavy atom. The van der Waals surface area contributed by atoms with E-state index in [1.54, 1.807) is 6.07 Å². The number of aromatic amines is 2. The number of methoxy groups -OCH3 is 5. The summed E-state index contributed by atoms with van der Waals surface area (Å²) in [4.78, 5) is 60.1. The number of aromatic nitrogens is 4. The number of nitrogens with one attached hydrogen (secondary N) is 3. The molecule has 7 rings (SSSR count). The number of aromatic hydroxyl groups is 1. The molecule has 4 heterocycles. The number of phenolic OH excluding ortho intramolecular Hbond substituents is 1. The third kappa shape index (κ3) is 8.54. The molecule has 0 atom stereocenters. The van der Waals surface area contributed by atoms with Crippen LogP contribution < -0.4 is 49.9 Å². The maximum atomic E-state index is 13.4. The molecule has 0 radical (unpaired) electrons. The minimum atomic E-state index is -1.04. The molecule has 2 fully saturated rings. The van der Waals surface area contributed by atoms with Gasteiger partial charge in [0.2, 0.25) is 23.4 Å². The highest BCUT2D eigenvalue weighted by atomic mass is 19.2. The van der Waals surface area contributed by atoms with Crippen molar-refractivity contribution in [3.05, 3.63) is 62.7 Å². The summed E-state index contributed by atoms with van der Waals surface area (Å²) >= 11 is 0. The van der Waals surface area contributed by atoms with Crippen LogP contribution in [0.25, 0.3) is 21.8 Å². The van der Waals surface area contributed by atoms with Gasteiger partial charge in [0.15, 0.2) is 34.6 Å². The van der Waals surface area contributed by atoms with Crippen molar-refractivity contribution < 1.29 is 47.8 Å². The molecule has 58 heavy (non-hydrogen) atoms. The Hall–Kier alpha value is -6.61. The number of urea groups is 1. The van der Waals surface area contributed by atoms with Crippen molar-refractivity contribution in [1.29, 1.82) is 0 Å². The monoisotopic (exact) mass is 813 g/mol. The van der Waals surface area contributed by atoms with E-state index in [0.29, 0.717) is 60.6 Å². The standard InChI is InChI=1S/C22H23F2N5O5.C15H20N4O4.H2O/c1-32-16-11-15-17(19(34-3)18(16)33-2)20(30)27-21(26-15)28-6-8-29(9-7-28)22(31)25-12-4-5-13(23)14(24)10-12;1-18-4-6-19(7-5-18)15-16-9-8-10(20)12(22-2)13(23-3)11(9)14(21)17-15;/h4-5,10-11H,6-9H2,1-3H3,(H,25,31)(H,26,27,30);8,20H,4-7H2,1-3H3,(H,16,17,21);1H2. The summed E-state index contributed by atoms with van der Waals surface area (Å²) in [5.41, 5.74) is 0.171. The SMILES string of the molecule is COc1c(O)cc2nc(N3CCN(C)CC3)[nH]c(=O)c2c1OC.COc1cc2nc(N3CCN(C(=O)Nc4ccc(F)c(F)c4)CC3)[nH]c(=O)c2c(OC)c1OC.O. The van der Waals surface area contributed by atoms with Gasteiger partial charge in [0.25, 0.3) is 11.1 Å². The van der Waals surface area contributed by atoms with Crippen molar-refractivity contribution in [3.63, 3.8) is 0 Å². The second-order valence-electron chi connectivity index (χ2n) is 13.0. The predicted molar refractivity (Wildman–Crippen MR) is 212 cm³/mol. The first kappa shape index (κ1) is 42.5. The highest BCUT2D eigenvalue weighted by Crippen LogP contribution is 2.42. The summed E-state index contributed by atoms with van der Waals surface area (Å²) in [5, 5.41) is 13.1. The zero-order valence-corrected chi connectivity index (χ0v) is 32.7. The topological polar surface area (TPSA) is 231 Å². The molecule has 2 amide bonds. The molecule has 5 aromatic rings. The van der Waals surface area contributed by atoms with Crippen LogP contribution in [0.15, 0.2) is 39.9 Å². The van der Waals surface area contributed by atoms with Gasteiger partial charge in [-0.15, -0.1) is 0 Å². The molecule has 3 aromatic carbocycles. The number of carbonyl (C=O) groups is 1. The smallest absolute Gasteiger partial charge is 0.321 e. The molecule has 0 aliphatic carbocycles. The number of anilines is 3. The summed E-state index contributed by atoms with van der Waals surface area (Å²) in [5.74, 6) is -0.115. The summed E-state index contributed by atoms with van der Waals surface area (Å²) < 4.78 is 52.9. The van der Waals surface area contributed by atoms with Crippen LogP contribution in [-0.4, -0.2) is 141 Å². The van der Waals surface area contributed by atoms with E-state index < -0.39 is 23.2 Å². The number of fused-ring (bicyclic) bond motifs is 2. The molecule has 21 heteroatoms. The van der Waals surface area contributed by atoms with Crippen LogP contribution in [0.1, 0.15) is 0 Å². The number of hydrogen-bond acceptors (Lipinski definition) is 14. The van der Waals surface area contributed by atoms with Crippen LogP contribution in [-0.2, 0) is 0 Å². The number of nitrogens with zero attached hydrogens (tertiary/aromatic N) is 6. The Bertz CT molecular complexity index is 2400. The minimum Gasteiger partial charge on any atom is -0.504 e. The van der Waals surface area contributed by atoms with Crippen LogP contribution in [0.3, 0.4) is 0 Å². The highest BCUT2D eigenvalue weighted by molar-refractivity contribution is 5.92. The van der Waals surface area contributed by atoms with E-state index >= 15 is 0 Å². The lowest BCUT2D eigenvalue weighted by Crippen LogP contribution is -2.50. The van der Waals surface area contributed by atoms with Crippen LogP contribution in [0.4, 0.5) is 31.2 Å². The molecule has 6 N–H and O–H groups in total. The molecule has 0 spiro atoms. The van der Waals surface area contributed by atoms with Gasteiger partial charge < -0.3 is 59.2 Å². The van der Waals surface area contributed by atoms with E-state index in [0.717, 1.165) is 38.3 Å². The molecular weight excluding hydrogens is 768 g/mol. The van der Waals surface area contributed by atoms with E-state index in [-0.39, 0.29) is 50.5 Å². The van der Waals surface area contributed by atoms with Gasteiger partial charge in [-0.05, 0) is 19.2 Å². The molecule has 2 saturated heterocycles. The number of piperazine rings is 2. The molecule has 0 bridgehead atoms. The van der Waals surface area contributed by atoms with Crippen LogP contribution >= 0.6 is 0 Å². The van der Waals surface area contributed by atoms with Crippen molar-refractivity contribution in [2.75, 3.05) is 110 Å². The number of ether oxygens (including phenoxy) is 5. The summed E-state index contributed by atoms with van der Waals surface area (Å²) in [7, 11) is 9.23. The number of carbonyl (C=O) groups excluding carboxylic acids is 1. The van der Waals surface area contributed by atoms with E-state index in [1.165, 1.54) is 52.6 Å². The van der Waals surface area contributed by atoms with Gasteiger partial charge in [0, 0.05) is 76.2 Å². The summed E-state index contributed by atoms with van der Waals surface area (Å²) in [6.45, 7) is 4.81. The average Bonchev–Trinajstić information content (AvgIpc) is 3.21. The minimum absolute atomic E-state index is 0. The lowest BCUT2D eigenvalue weighted by Gasteiger charge is -2.35. The maximum absolute atomic E-state index is 13.4. The third-order valence-electron chi connectivity index (χ3n) is 9.61. The Kier molecular flexibility index (Phi) is 13.3. The quantitative estimate of drug-likeness (QED) is 0.176. The first-order chi connectivity index (χ1) is 27.4. The molecular formula is C37H45F2N9O10. The Labute approximate surface area is 330 Å². The van der Waals surface area contributed by atoms with Crippen molar-refractivity contribution in [3.8, 4) is 34.5 Å². The Balaban J connectivity index is 0.000000233. The van der Waals surface area contributed by atoms with E-state index in [1.807, 2.05) is 9.80 Å². The average molecular weight is 814 g/mol. The number of hydrogen-bond donors (Lipinski definition) is 4. The molecule has 312 valence electrons. The summed E-state index contributed by atoms with van der Waals surface area (Å²) in [6, 6.07) is 5.74. The molecule has 2 aliphatic heterocycles. The van der Waals surface area contributed by atoms with E-state index in [2.05, 4.69) is 37.2 Å². The van der Waals surface area contributed by atoms with E-state index in [4.69, 9.17) is 23.7 Å². The number of phenols is 1. The number of halogens is 2. The van der Waals surface area contributed by atoms with Crippen molar-refractivity contribution >= 4 is 45.4 Å². The highest BCUT2D eigenvalue weighted by Gasteiger charge is 2.26. The van der Waals surface area contributed by atoms with Crippen molar-refractivity contribution in [2.45, 2.75) is 0 Å². The van der Waals surface area contributed by atoms with Gasteiger partial charge in [-0.25, -0.2) is 23.5 Å². The summed E-state index contributed by atoms with van der Waals surface area (Å²) in [6.07, 6.45) is 0. The maximum Gasteiger partial charge on any atom is 0.321 e. The van der Waals surface area contributed by atoms with Crippen LogP contribution in [0, 0.1) is 11.6 Å². The first-order valence-corrected chi connectivity index (χ1v) is 17.7. The molecule has 2 aliphatic rings. The van der Waals surface area contributed by atoms with Gasteiger partial charge in [-0.1, -0.05) is 0 Å². The van der Waals surface area contributed by atoms with Crippen molar-refractivity contribution in [2.24, 2.45) is 0 Å². The first-order valence-electron chi connectivity index (χ1n) is 17.7. The van der Waals surface area contributed by atoms with Crippen LogP contribution in [0.2, 0.25) is 0 Å². The number of likely N-dealkylation sites (N-methyl/N-ethyl adjacent to an activating group) is 1. The number of amides is 2. The zero-order chi connectivity index (χ0) is 41.0. The van der Waals surface area contributed by atoms with Gasteiger partial charge in [-0.3, -0.25) is 19.6 Å². The van der Waals surface area contributed by atoms with E-state index in [9.17, 15) is 28.3 Å². The molecule has 0 saturated carbocycles. The number of rotatable bonds is 8. The molecule has 19 nitrogen and oxygen atoms in total. The lowest BCUT2D eigenvalue weighted by atomic mass is 10.2. The molecule has 0 unspecified atom stereocenters. The fourth-order valence-corrected chi connectivity index (χ4v) is 6.59.